The number of carbonyl (C=O) groups excluding carboxylic acids is 1. The highest BCUT2D eigenvalue weighted by Gasteiger charge is 2.22. The topological polar surface area (TPSA) is 93.1 Å². The van der Waals surface area contributed by atoms with Gasteiger partial charge in [0.05, 0.1) is 18.2 Å². The van der Waals surface area contributed by atoms with E-state index in [9.17, 15) is 14.0 Å². The number of hydrogen-bond acceptors (Lipinski definition) is 5. The van der Waals surface area contributed by atoms with Gasteiger partial charge in [0.15, 0.2) is 5.82 Å². The van der Waals surface area contributed by atoms with Crippen molar-refractivity contribution in [2.45, 2.75) is 19.8 Å². The molecular weight excluding hydrogens is 353 g/mol. The molecule has 0 bridgehead atoms. The molecule has 142 valence electrons. The number of benzene rings is 1. The Balaban J connectivity index is 2.19. The number of halogens is 1. The van der Waals surface area contributed by atoms with E-state index in [1.807, 2.05) is 13.8 Å². The van der Waals surface area contributed by atoms with Gasteiger partial charge in [0.1, 0.15) is 5.82 Å². The summed E-state index contributed by atoms with van der Waals surface area (Å²) >= 11 is 0. The third-order valence-electron chi connectivity index (χ3n) is 4.34. The number of aryl methyl sites for hydroxylation is 1. The molecule has 2 heterocycles. The molecule has 0 fully saturated rings. The van der Waals surface area contributed by atoms with Crippen molar-refractivity contribution in [3.05, 3.63) is 45.8 Å². The van der Waals surface area contributed by atoms with Crippen molar-refractivity contribution >= 4 is 16.8 Å². The van der Waals surface area contributed by atoms with Crippen LogP contribution in [0.5, 0.6) is 0 Å². The van der Waals surface area contributed by atoms with Gasteiger partial charge in [-0.3, -0.25) is 14.4 Å². The molecule has 1 amide bonds. The van der Waals surface area contributed by atoms with E-state index in [2.05, 4.69) is 15.1 Å². The molecule has 0 saturated heterocycles. The SMILES string of the molecule is CON(C)C(=O)c1nc(-c2cc3c(C(C)C)cc(=O)[nH]c3cc2F)nn1C. The molecule has 1 N–H and O–H groups in total. The number of rotatable bonds is 4. The minimum absolute atomic E-state index is 0.0133. The van der Waals surface area contributed by atoms with Crippen LogP contribution in [0.15, 0.2) is 23.0 Å². The number of aromatic nitrogens is 4. The predicted molar refractivity (Wildman–Crippen MR) is 97.7 cm³/mol. The lowest BCUT2D eigenvalue weighted by atomic mass is 9.97. The molecule has 3 rings (SSSR count). The summed E-state index contributed by atoms with van der Waals surface area (Å²) in [6.07, 6.45) is 0. The lowest BCUT2D eigenvalue weighted by Gasteiger charge is -2.11. The monoisotopic (exact) mass is 373 g/mol. The Morgan fingerprint density at radius 2 is 2.04 bits per heavy atom. The fourth-order valence-electron chi connectivity index (χ4n) is 2.86. The maximum absolute atomic E-state index is 14.7. The Bertz CT molecular complexity index is 1090. The van der Waals surface area contributed by atoms with Crippen LogP contribution in [0.4, 0.5) is 4.39 Å². The molecule has 1 aromatic carbocycles. The lowest BCUT2D eigenvalue weighted by Crippen LogP contribution is -2.28. The largest absolute Gasteiger partial charge is 0.322 e. The first-order valence-electron chi connectivity index (χ1n) is 8.33. The molecule has 0 aliphatic heterocycles. The molecule has 2 aromatic heterocycles. The molecule has 27 heavy (non-hydrogen) atoms. The maximum Gasteiger partial charge on any atom is 0.314 e. The van der Waals surface area contributed by atoms with Crippen molar-refractivity contribution < 1.29 is 14.0 Å². The van der Waals surface area contributed by atoms with E-state index in [-0.39, 0.29) is 28.7 Å². The van der Waals surface area contributed by atoms with Gasteiger partial charge in [-0.15, -0.1) is 0 Å². The number of hydrogen-bond donors (Lipinski definition) is 1. The van der Waals surface area contributed by atoms with Crippen molar-refractivity contribution in [2.75, 3.05) is 14.2 Å². The first kappa shape index (κ1) is 18.7. The van der Waals surface area contributed by atoms with E-state index in [0.717, 1.165) is 10.6 Å². The molecule has 0 aliphatic carbocycles. The van der Waals surface area contributed by atoms with Crippen LogP contribution in [0.2, 0.25) is 0 Å². The van der Waals surface area contributed by atoms with Crippen molar-refractivity contribution in [2.24, 2.45) is 7.05 Å². The van der Waals surface area contributed by atoms with Crippen LogP contribution in [-0.4, -0.2) is 44.9 Å². The van der Waals surface area contributed by atoms with Crippen molar-refractivity contribution in [3.8, 4) is 11.4 Å². The smallest absolute Gasteiger partial charge is 0.314 e. The standard InChI is InChI=1S/C18H20FN5O3/c1-9(2)10-7-15(25)20-14-8-13(19)12(6-11(10)14)16-21-17(23(3)22-16)18(26)24(4)27-5/h6-9H,1-5H3,(H,20,25). The second-order valence-electron chi connectivity index (χ2n) is 6.49. The third kappa shape index (κ3) is 3.33. The first-order valence-corrected chi connectivity index (χ1v) is 8.33. The number of nitrogens with zero attached hydrogens (tertiary/aromatic N) is 4. The van der Waals surface area contributed by atoms with Gasteiger partial charge < -0.3 is 4.98 Å². The molecule has 8 nitrogen and oxygen atoms in total. The number of H-pyrrole nitrogens is 1. The lowest BCUT2D eigenvalue weighted by molar-refractivity contribution is -0.0766. The molecule has 0 saturated carbocycles. The van der Waals surface area contributed by atoms with Crippen molar-refractivity contribution in [3.63, 3.8) is 0 Å². The molecule has 0 spiro atoms. The summed E-state index contributed by atoms with van der Waals surface area (Å²) in [4.78, 5) is 35.8. The zero-order chi connectivity index (χ0) is 19.9. The molecule has 9 heteroatoms. The van der Waals surface area contributed by atoms with Crippen LogP contribution < -0.4 is 5.56 Å². The van der Waals surface area contributed by atoms with E-state index < -0.39 is 11.7 Å². The Morgan fingerprint density at radius 3 is 2.67 bits per heavy atom. The highest BCUT2D eigenvalue weighted by molar-refractivity contribution is 5.91. The van der Waals surface area contributed by atoms with Gasteiger partial charge >= 0.3 is 5.91 Å². The maximum atomic E-state index is 14.7. The fraction of sp³-hybridized carbons (Fsp3) is 0.333. The van der Waals surface area contributed by atoms with Crippen molar-refractivity contribution in [1.29, 1.82) is 0 Å². The summed E-state index contributed by atoms with van der Waals surface area (Å²) in [5.74, 6) is -0.946. The predicted octanol–water partition coefficient (Wildman–Crippen LogP) is 2.22. The highest BCUT2D eigenvalue weighted by Crippen LogP contribution is 2.29. The van der Waals surface area contributed by atoms with Gasteiger partial charge in [0.25, 0.3) is 0 Å². The van der Waals surface area contributed by atoms with Crippen LogP contribution in [0.1, 0.15) is 35.9 Å². The molecule has 0 aliphatic rings. The summed E-state index contributed by atoms with van der Waals surface area (Å²) in [7, 11) is 4.34. The third-order valence-corrected chi connectivity index (χ3v) is 4.34. The van der Waals surface area contributed by atoms with E-state index in [1.165, 1.54) is 31.0 Å². The number of hydroxylamine groups is 2. The van der Waals surface area contributed by atoms with Gasteiger partial charge in [-0.1, -0.05) is 13.8 Å². The van der Waals surface area contributed by atoms with Crippen molar-refractivity contribution in [1.82, 2.24) is 24.8 Å². The van der Waals surface area contributed by atoms with E-state index in [0.29, 0.717) is 10.9 Å². The molecule has 0 atom stereocenters. The first-order chi connectivity index (χ1) is 12.7. The zero-order valence-electron chi connectivity index (χ0n) is 15.7. The van der Waals surface area contributed by atoms with Crippen LogP contribution in [-0.2, 0) is 11.9 Å². The Labute approximate surface area is 154 Å². The minimum atomic E-state index is -0.594. The van der Waals surface area contributed by atoms with Gasteiger partial charge in [0, 0.05) is 25.5 Å². The van der Waals surface area contributed by atoms with Crippen LogP contribution in [0.3, 0.4) is 0 Å². The van der Waals surface area contributed by atoms with Gasteiger partial charge in [0.2, 0.25) is 11.4 Å². The summed E-state index contributed by atoms with van der Waals surface area (Å²) in [6.45, 7) is 3.90. The van der Waals surface area contributed by atoms with Gasteiger partial charge in [-0.05, 0) is 23.6 Å². The summed E-state index contributed by atoms with van der Waals surface area (Å²) in [5, 5.41) is 5.88. The summed E-state index contributed by atoms with van der Waals surface area (Å²) in [5.41, 5.74) is 1.05. The number of amides is 1. The minimum Gasteiger partial charge on any atom is -0.322 e. The fourth-order valence-corrected chi connectivity index (χ4v) is 2.86. The number of fused-ring (bicyclic) bond motifs is 1. The number of nitrogens with one attached hydrogen (secondary N) is 1. The molecule has 0 unspecified atom stereocenters. The normalized spacial score (nSPS) is 11.4. The van der Waals surface area contributed by atoms with Crippen LogP contribution >= 0.6 is 0 Å². The second kappa shape index (κ2) is 6.92. The Morgan fingerprint density at radius 1 is 1.33 bits per heavy atom. The summed E-state index contributed by atoms with van der Waals surface area (Å²) in [6, 6.07) is 4.35. The average Bonchev–Trinajstić information content (AvgIpc) is 3.00. The quantitative estimate of drug-likeness (QED) is 0.708. The van der Waals surface area contributed by atoms with Crippen LogP contribution in [0.25, 0.3) is 22.3 Å². The van der Waals surface area contributed by atoms with E-state index in [4.69, 9.17) is 4.84 Å². The summed E-state index contributed by atoms with van der Waals surface area (Å²) < 4.78 is 16.0. The molecule has 3 aromatic rings. The molecular formula is C18H20FN5O3. The average molecular weight is 373 g/mol. The van der Waals surface area contributed by atoms with E-state index in [1.54, 1.807) is 13.1 Å². The van der Waals surface area contributed by atoms with E-state index >= 15 is 0 Å². The van der Waals surface area contributed by atoms with Gasteiger partial charge in [-0.2, -0.15) is 5.10 Å². The van der Waals surface area contributed by atoms with Crippen LogP contribution in [0, 0.1) is 5.82 Å². The zero-order valence-corrected chi connectivity index (χ0v) is 15.7. The number of pyridine rings is 1. The van der Waals surface area contributed by atoms with Gasteiger partial charge in [-0.25, -0.2) is 19.1 Å². The molecule has 0 radical (unpaired) electrons. The number of aromatic amines is 1. The second-order valence-corrected chi connectivity index (χ2v) is 6.49. The Hall–Kier alpha value is -3.07. The number of carbonyl (C=O) groups is 1. The Kier molecular flexibility index (Phi) is 4.79. The highest BCUT2D eigenvalue weighted by atomic mass is 19.1.